The van der Waals surface area contributed by atoms with Crippen molar-refractivity contribution in [1.82, 2.24) is 0 Å². The van der Waals surface area contributed by atoms with Gasteiger partial charge in [-0.05, 0) is 67.8 Å². The molecule has 30 heavy (non-hydrogen) atoms. The van der Waals surface area contributed by atoms with Crippen LogP contribution in [0.4, 0.5) is 11.4 Å². The molecule has 1 heterocycles. The van der Waals surface area contributed by atoms with E-state index in [1.165, 1.54) is 59.8 Å². The molecule has 0 radical (unpaired) electrons. The SMILES string of the molecule is c1ccc(P(C2=Nc3ccccc3CCc3ccccc3N2)C2CCCCC2)cc1. The first kappa shape index (κ1) is 19.5. The summed E-state index contributed by atoms with van der Waals surface area (Å²) in [4.78, 5) is 5.34. The van der Waals surface area contributed by atoms with Gasteiger partial charge in [-0.2, -0.15) is 0 Å². The molecule has 3 aromatic rings. The molecule has 0 saturated heterocycles. The van der Waals surface area contributed by atoms with Crippen molar-refractivity contribution < 1.29 is 0 Å². The lowest BCUT2D eigenvalue weighted by molar-refractivity contribution is 0.513. The normalized spacial score (nSPS) is 17.9. The smallest absolute Gasteiger partial charge is 0.134 e. The van der Waals surface area contributed by atoms with Crippen molar-refractivity contribution in [3.05, 3.63) is 90.0 Å². The Morgan fingerprint density at radius 3 is 2.20 bits per heavy atom. The van der Waals surface area contributed by atoms with Crippen molar-refractivity contribution in [3.63, 3.8) is 0 Å². The van der Waals surface area contributed by atoms with Crippen molar-refractivity contribution in [2.24, 2.45) is 4.99 Å². The predicted octanol–water partition coefficient (Wildman–Crippen LogP) is 7.02. The molecule has 2 aliphatic rings. The second-order valence-corrected chi connectivity index (χ2v) is 10.8. The Hall–Kier alpha value is -2.44. The summed E-state index contributed by atoms with van der Waals surface area (Å²) in [6.45, 7) is 0. The highest BCUT2D eigenvalue weighted by Gasteiger charge is 2.30. The Kier molecular flexibility index (Phi) is 5.95. The van der Waals surface area contributed by atoms with Gasteiger partial charge in [0, 0.05) is 5.69 Å². The van der Waals surface area contributed by atoms with E-state index >= 15 is 0 Å². The maximum atomic E-state index is 5.34. The van der Waals surface area contributed by atoms with E-state index in [2.05, 4.69) is 84.2 Å². The maximum Gasteiger partial charge on any atom is 0.134 e. The fourth-order valence-corrected chi connectivity index (χ4v) is 7.61. The predicted molar refractivity (Wildman–Crippen MR) is 131 cm³/mol. The van der Waals surface area contributed by atoms with Crippen LogP contribution in [-0.2, 0) is 12.8 Å². The molecule has 0 aromatic heterocycles. The zero-order valence-corrected chi connectivity index (χ0v) is 18.3. The van der Waals surface area contributed by atoms with Gasteiger partial charge in [0.25, 0.3) is 0 Å². The number of nitrogens with zero attached hydrogens (tertiary/aromatic N) is 1. The van der Waals surface area contributed by atoms with Crippen molar-refractivity contribution in [2.75, 3.05) is 5.32 Å². The lowest BCUT2D eigenvalue weighted by Crippen LogP contribution is -2.26. The summed E-state index contributed by atoms with van der Waals surface area (Å²) in [7, 11) is -0.543. The van der Waals surface area contributed by atoms with Gasteiger partial charge in [0.05, 0.1) is 5.69 Å². The number of rotatable bonds is 3. The first-order chi connectivity index (χ1) is 14.9. The number of benzene rings is 3. The third-order valence-corrected chi connectivity index (χ3v) is 9.12. The molecule has 2 nitrogen and oxygen atoms in total. The zero-order chi connectivity index (χ0) is 20.2. The highest BCUT2D eigenvalue weighted by molar-refractivity contribution is 7.82. The minimum atomic E-state index is -0.543. The molecule has 1 N–H and O–H groups in total. The molecular weight excluding hydrogens is 383 g/mol. The Labute approximate surface area is 181 Å². The average molecular weight is 413 g/mol. The number of hydrogen-bond donors (Lipinski definition) is 1. The summed E-state index contributed by atoms with van der Waals surface area (Å²) in [5, 5.41) is 5.30. The molecule has 3 heteroatoms. The van der Waals surface area contributed by atoms with Crippen LogP contribution in [0.3, 0.4) is 0 Å². The number of amidine groups is 1. The molecule has 152 valence electrons. The third-order valence-electron chi connectivity index (χ3n) is 6.35. The fourth-order valence-electron chi connectivity index (χ4n) is 4.77. The molecular formula is C27H29N2P. The van der Waals surface area contributed by atoms with Crippen molar-refractivity contribution in [3.8, 4) is 0 Å². The molecule has 0 spiro atoms. The van der Waals surface area contributed by atoms with Gasteiger partial charge in [-0.3, -0.25) is 0 Å². The van der Waals surface area contributed by atoms with E-state index < -0.39 is 7.92 Å². The largest absolute Gasteiger partial charge is 0.340 e. The van der Waals surface area contributed by atoms with Gasteiger partial charge in [-0.25, -0.2) is 4.99 Å². The maximum absolute atomic E-state index is 5.34. The van der Waals surface area contributed by atoms with Gasteiger partial charge in [-0.1, -0.05) is 86.0 Å². The molecule has 1 aliphatic heterocycles. The van der Waals surface area contributed by atoms with Crippen LogP contribution in [0.2, 0.25) is 0 Å². The number of fused-ring (bicyclic) bond motifs is 2. The van der Waals surface area contributed by atoms with Crippen LogP contribution < -0.4 is 10.6 Å². The highest BCUT2D eigenvalue weighted by atomic mass is 31.1. The number of anilines is 1. The van der Waals surface area contributed by atoms with Gasteiger partial charge in [0.15, 0.2) is 0 Å². The number of aliphatic imine (C=N–C) groups is 1. The minimum absolute atomic E-state index is 0.543. The first-order valence-electron chi connectivity index (χ1n) is 11.2. The first-order valence-corrected chi connectivity index (χ1v) is 12.7. The minimum Gasteiger partial charge on any atom is -0.340 e. The lowest BCUT2D eigenvalue weighted by atomic mass is 10.0. The van der Waals surface area contributed by atoms with E-state index in [4.69, 9.17) is 4.99 Å². The van der Waals surface area contributed by atoms with Crippen LogP contribution in [0, 0.1) is 0 Å². The van der Waals surface area contributed by atoms with Crippen LogP contribution in [0.25, 0.3) is 0 Å². The summed E-state index contributed by atoms with van der Waals surface area (Å²) in [6.07, 6.45) is 8.75. The standard InChI is InChI=1S/C27H29N2P/c1-3-13-23(14-4-1)30(24-15-5-2-6-16-24)27-28-25-17-9-7-11-21(25)19-20-22-12-8-10-18-26(22)29-27/h1,3-4,7-14,17-18,24H,2,5-6,15-16,19-20H2,(H,28,29). The van der Waals surface area contributed by atoms with E-state index in [0.717, 1.165) is 18.5 Å². The van der Waals surface area contributed by atoms with Gasteiger partial charge in [0.1, 0.15) is 5.58 Å². The van der Waals surface area contributed by atoms with Crippen molar-refractivity contribution in [2.45, 2.75) is 50.6 Å². The number of para-hydroxylation sites is 2. The Morgan fingerprint density at radius 2 is 1.37 bits per heavy atom. The van der Waals surface area contributed by atoms with Gasteiger partial charge in [-0.15, -0.1) is 0 Å². The fraction of sp³-hybridized carbons (Fsp3) is 0.296. The van der Waals surface area contributed by atoms with Crippen LogP contribution in [0.1, 0.15) is 43.2 Å². The Morgan fingerprint density at radius 1 is 0.700 bits per heavy atom. The zero-order valence-electron chi connectivity index (χ0n) is 17.4. The van der Waals surface area contributed by atoms with Crippen LogP contribution in [0.5, 0.6) is 0 Å². The number of hydrogen-bond acceptors (Lipinski definition) is 2. The van der Waals surface area contributed by atoms with E-state index in [9.17, 15) is 0 Å². The quantitative estimate of drug-likeness (QED) is 0.459. The van der Waals surface area contributed by atoms with Gasteiger partial charge >= 0.3 is 0 Å². The van der Waals surface area contributed by atoms with Crippen LogP contribution in [0.15, 0.2) is 83.9 Å². The molecule has 5 rings (SSSR count). The Balaban J connectivity index is 1.65. The summed E-state index contributed by atoms with van der Waals surface area (Å²) in [5.74, 6) is 0. The second kappa shape index (κ2) is 9.14. The number of nitrogens with one attached hydrogen (secondary N) is 1. The van der Waals surface area contributed by atoms with E-state index in [-0.39, 0.29) is 0 Å². The average Bonchev–Trinajstić information content (AvgIpc) is 2.88. The summed E-state index contributed by atoms with van der Waals surface area (Å²) in [6, 6.07) is 28.6. The molecule has 0 amide bonds. The molecule has 1 aliphatic carbocycles. The summed E-state index contributed by atoms with van der Waals surface area (Å²) >= 11 is 0. The van der Waals surface area contributed by atoms with Gasteiger partial charge < -0.3 is 5.32 Å². The lowest BCUT2D eigenvalue weighted by Gasteiger charge is -2.32. The van der Waals surface area contributed by atoms with E-state index in [1.54, 1.807) is 0 Å². The topological polar surface area (TPSA) is 24.4 Å². The van der Waals surface area contributed by atoms with E-state index in [0.29, 0.717) is 5.66 Å². The van der Waals surface area contributed by atoms with Crippen molar-refractivity contribution in [1.29, 1.82) is 0 Å². The molecule has 1 atom stereocenters. The second-order valence-electron chi connectivity index (χ2n) is 8.34. The third kappa shape index (κ3) is 4.20. The molecule has 3 aromatic carbocycles. The van der Waals surface area contributed by atoms with E-state index in [1.807, 2.05) is 0 Å². The molecule has 1 fully saturated rings. The van der Waals surface area contributed by atoms with Crippen LogP contribution in [-0.4, -0.2) is 11.2 Å². The van der Waals surface area contributed by atoms with Gasteiger partial charge in [0.2, 0.25) is 0 Å². The Bertz CT molecular complexity index is 1020. The van der Waals surface area contributed by atoms with Crippen LogP contribution >= 0.6 is 7.92 Å². The number of aryl methyl sites for hydroxylation is 2. The highest BCUT2D eigenvalue weighted by Crippen LogP contribution is 2.49. The monoisotopic (exact) mass is 412 g/mol. The summed E-state index contributed by atoms with van der Waals surface area (Å²) in [5.41, 5.74) is 6.96. The molecule has 1 unspecified atom stereocenters. The molecule has 0 bridgehead atoms. The summed E-state index contributed by atoms with van der Waals surface area (Å²) < 4.78 is 0. The molecule has 1 saturated carbocycles. The van der Waals surface area contributed by atoms with Crippen molar-refractivity contribution >= 4 is 30.2 Å².